The Labute approximate surface area is 118 Å². The minimum atomic E-state index is -0.576. The maximum Gasteiger partial charge on any atom is 0.308 e. The van der Waals surface area contributed by atoms with Gasteiger partial charge < -0.3 is 10.1 Å². The number of H-pyrrole nitrogens is 1. The molecule has 0 saturated heterocycles. The lowest BCUT2D eigenvalue weighted by atomic mass is 10.2. The Morgan fingerprint density at radius 2 is 2.38 bits per heavy atom. The number of carbonyl (C=O) groups excluding carboxylic acids is 1. The van der Waals surface area contributed by atoms with Crippen LogP contribution in [0, 0.1) is 17.1 Å². The van der Waals surface area contributed by atoms with Crippen molar-refractivity contribution in [2.75, 3.05) is 5.32 Å². The second kappa shape index (κ2) is 6.25. The molecule has 0 radical (unpaired) electrons. The SMILES string of the molecule is CC(=O)Oc1ccc(F)c(NC=C(C#N)c2nn[nH]n2)c1. The molecule has 0 fully saturated rings. The third-order valence-corrected chi connectivity index (χ3v) is 2.28. The minimum absolute atomic E-state index is 0.0324. The first-order valence-electron chi connectivity index (χ1n) is 5.68. The first kappa shape index (κ1) is 14.1. The summed E-state index contributed by atoms with van der Waals surface area (Å²) in [5.74, 6) is -0.848. The first-order valence-corrected chi connectivity index (χ1v) is 5.68. The third kappa shape index (κ3) is 3.60. The Bertz CT molecular complexity index is 720. The molecule has 0 aliphatic carbocycles. The van der Waals surface area contributed by atoms with E-state index in [0.29, 0.717) is 0 Å². The number of anilines is 1. The van der Waals surface area contributed by atoms with Crippen LogP contribution in [0.3, 0.4) is 0 Å². The molecule has 0 aliphatic heterocycles. The average Bonchev–Trinajstić information content (AvgIpc) is 2.96. The standard InChI is InChI=1S/C12H9FN6O2/c1-7(20)21-9-2-3-10(13)11(4-9)15-6-8(5-14)12-16-18-19-17-12/h2-4,6,15H,1H3,(H,16,17,18,19). The highest BCUT2D eigenvalue weighted by atomic mass is 19.1. The topological polar surface area (TPSA) is 117 Å². The number of rotatable bonds is 4. The van der Waals surface area contributed by atoms with Gasteiger partial charge in [0, 0.05) is 19.2 Å². The quantitative estimate of drug-likeness (QED) is 0.493. The summed E-state index contributed by atoms with van der Waals surface area (Å²) in [5.41, 5.74) is 0.0889. The van der Waals surface area contributed by atoms with E-state index in [1.165, 1.54) is 25.3 Å². The van der Waals surface area contributed by atoms with E-state index in [1.54, 1.807) is 0 Å². The van der Waals surface area contributed by atoms with Crippen LogP contribution < -0.4 is 10.1 Å². The fourth-order valence-electron chi connectivity index (χ4n) is 1.42. The number of allylic oxidation sites excluding steroid dienone is 1. The molecular weight excluding hydrogens is 279 g/mol. The van der Waals surface area contributed by atoms with E-state index in [4.69, 9.17) is 10.00 Å². The van der Waals surface area contributed by atoms with Crippen molar-refractivity contribution in [1.29, 1.82) is 5.26 Å². The van der Waals surface area contributed by atoms with Gasteiger partial charge in [0.2, 0.25) is 5.82 Å². The fourth-order valence-corrected chi connectivity index (χ4v) is 1.42. The molecule has 1 aromatic heterocycles. The maximum absolute atomic E-state index is 13.6. The number of nitrogens with zero attached hydrogens (tertiary/aromatic N) is 4. The number of aromatic nitrogens is 4. The lowest BCUT2D eigenvalue weighted by molar-refractivity contribution is -0.131. The zero-order chi connectivity index (χ0) is 15.2. The number of benzene rings is 1. The van der Waals surface area contributed by atoms with E-state index in [9.17, 15) is 9.18 Å². The summed E-state index contributed by atoms with van der Waals surface area (Å²) in [4.78, 5) is 10.9. The number of aromatic amines is 1. The van der Waals surface area contributed by atoms with Gasteiger partial charge in [0.15, 0.2) is 0 Å². The molecule has 1 heterocycles. The van der Waals surface area contributed by atoms with Gasteiger partial charge in [-0.3, -0.25) is 4.79 Å². The highest BCUT2D eigenvalue weighted by molar-refractivity contribution is 5.74. The molecule has 0 saturated carbocycles. The second-order valence-electron chi connectivity index (χ2n) is 3.78. The predicted molar refractivity (Wildman–Crippen MR) is 69.1 cm³/mol. The van der Waals surface area contributed by atoms with Gasteiger partial charge in [0.1, 0.15) is 23.2 Å². The van der Waals surface area contributed by atoms with Gasteiger partial charge in [-0.2, -0.15) is 10.5 Å². The van der Waals surface area contributed by atoms with Gasteiger partial charge in [-0.15, -0.1) is 10.2 Å². The molecular formula is C12H9FN6O2. The Balaban J connectivity index is 2.23. The number of esters is 1. The van der Waals surface area contributed by atoms with Gasteiger partial charge in [-0.25, -0.2) is 4.39 Å². The molecule has 2 aromatic rings. The summed E-state index contributed by atoms with van der Waals surface area (Å²) >= 11 is 0. The largest absolute Gasteiger partial charge is 0.427 e. The van der Waals surface area contributed by atoms with Gasteiger partial charge in [0.25, 0.3) is 0 Å². The predicted octanol–water partition coefficient (Wildman–Crippen LogP) is 1.24. The van der Waals surface area contributed by atoms with Crippen molar-refractivity contribution in [3.05, 3.63) is 36.0 Å². The van der Waals surface area contributed by atoms with Crippen molar-refractivity contribution < 1.29 is 13.9 Å². The van der Waals surface area contributed by atoms with E-state index < -0.39 is 11.8 Å². The summed E-state index contributed by atoms with van der Waals surface area (Å²) < 4.78 is 18.5. The van der Waals surface area contributed by atoms with Crippen LogP contribution in [0.5, 0.6) is 5.75 Å². The normalized spacial score (nSPS) is 10.8. The van der Waals surface area contributed by atoms with Crippen LogP contribution in [0.25, 0.3) is 5.57 Å². The number of carbonyl (C=O) groups is 1. The molecule has 0 amide bonds. The highest BCUT2D eigenvalue weighted by Crippen LogP contribution is 2.22. The number of halogens is 1. The van der Waals surface area contributed by atoms with Crippen molar-refractivity contribution in [2.24, 2.45) is 0 Å². The van der Waals surface area contributed by atoms with Crippen LogP contribution in [-0.4, -0.2) is 26.6 Å². The van der Waals surface area contributed by atoms with Crippen LogP contribution in [-0.2, 0) is 4.79 Å². The number of nitrogens with one attached hydrogen (secondary N) is 2. The maximum atomic E-state index is 13.6. The van der Waals surface area contributed by atoms with Crippen LogP contribution in [0.15, 0.2) is 24.4 Å². The zero-order valence-electron chi connectivity index (χ0n) is 10.8. The number of hydrogen-bond acceptors (Lipinski definition) is 7. The van der Waals surface area contributed by atoms with Crippen LogP contribution in [0.2, 0.25) is 0 Å². The van der Waals surface area contributed by atoms with E-state index in [1.807, 2.05) is 6.07 Å². The number of tetrazole rings is 1. The summed E-state index contributed by atoms with van der Waals surface area (Å²) in [6, 6.07) is 5.59. The molecule has 9 heteroatoms. The molecule has 0 atom stereocenters. The molecule has 0 aliphatic rings. The van der Waals surface area contributed by atoms with Gasteiger partial charge in [0.05, 0.1) is 5.69 Å². The zero-order valence-corrected chi connectivity index (χ0v) is 10.8. The van der Waals surface area contributed by atoms with Crippen LogP contribution in [0.4, 0.5) is 10.1 Å². The number of hydrogen-bond donors (Lipinski definition) is 2. The van der Waals surface area contributed by atoms with Crippen molar-refractivity contribution in [2.45, 2.75) is 6.92 Å². The Hall–Kier alpha value is -3.28. The molecule has 0 unspecified atom stereocenters. The molecule has 2 N–H and O–H groups in total. The van der Waals surface area contributed by atoms with E-state index in [0.717, 1.165) is 6.07 Å². The number of nitriles is 1. The molecule has 0 spiro atoms. The fraction of sp³-hybridized carbons (Fsp3) is 0.0833. The average molecular weight is 288 g/mol. The summed E-state index contributed by atoms with van der Waals surface area (Å²) in [6.07, 6.45) is 1.22. The first-order chi connectivity index (χ1) is 10.1. The summed E-state index contributed by atoms with van der Waals surface area (Å²) in [6.45, 7) is 1.24. The Morgan fingerprint density at radius 1 is 1.57 bits per heavy atom. The van der Waals surface area contributed by atoms with Gasteiger partial charge in [-0.05, 0) is 17.3 Å². The number of ether oxygens (including phenoxy) is 1. The Kier molecular flexibility index (Phi) is 4.20. The van der Waals surface area contributed by atoms with Crippen LogP contribution >= 0.6 is 0 Å². The highest BCUT2D eigenvalue weighted by Gasteiger charge is 2.08. The molecule has 0 bridgehead atoms. The van der Waals surface area contributed by atoms with Gasteiger partial charge in [-0.1, -0.05) is 0 Å². The molecule has 1 aromatic carbocycles. The van der Waals surface area contributed by atoms with Crippen molar-refractivity contribution in [3.8, 4) is 11.8 Å². The van der Waals surface area contributed by atoms with Crippen molar-refractivity contribution in [1.82, 2.24) is 20.6 Å². The van der Waals surface area contributed by atoms with Crippen molar-refractivity contribution >= 4 is 17.2 Å². The molecule has 2 rings (SSSR count). The Morgan fingerprint density at radius 3 is 3.00 bits per heavy atom. The molecule has 8 nitrogen and oxygen atoms in total. The lowest BCUT2D eigenvalue weighted by Crippen LogP contribution is -2.02. The summed E-state index contributed by atoms with van der Waals surface area (Å²) in [7, 11) is 0. The van der Waals surface area contributed by atoms with Crippen molar-refractivity contribution in [3.63, 3.8) is 0 Å². The lowest BCUT2D eigenvalue weighted by Gasteiger charge is -2.06. The third-order valence-electron chi connectivity index (χ3n) is 2.28. The van der Waals surface area contributed by atoms with E-state index in [2.05, 4.69) is 25.9 Å². The minimum Gasteiger partial charge on any atom is -0.427 e. The van der Waals surface area contributed by atoms with Crippen LogP contribution in [0.1, 0.15) is 12.7 Å². The summed E-state index contributed by atoms with van der Waals surface area (Å²) in [5, 5.41) is 24.4. The van der Waals surface area contributed by atoms with Gasteiger partial charge >= 0.3 is 5.97 Å². The second-order valence-corrected chi connectivity index (χ2v) is 3.78. The molecule has 106 valence electrons. The smallest absolute Gasteiger partial charge is 0.308 e. The van der Waals surface area contributed by atoms with E-state index >= 15 is 0 Å². The monoisotopic (exact) mass is 288 g/mol. The van der Waals surface area contributed by atoms with E-state index in [-0.39, 0.29) is 22.8 Å². The molecule has 21 heavy (non-hydrogen) atoms.